The van der Waals surface area contributed by atoms with Crippen LogP contribution in [0, 0.1) is 11.6 Å². The summed E-state index contributed by atoms with van der Waals surface area (Å²) >= 11 is 5.48. The summed E-state index contributed by atoms with van der Waals surface area (Å²) in [6, 6.07) is 1.22. The van der Waals surface area contributed by atoms with Crippen molar-refractivity contribution in [3.05, 3.63) is 46.5 Å². The molecule has 4 nitrogen and oxygen atoms in total. The number of aromatic nitrogens is 3. The molecule has 1 heterocycles. The zero-order valence-electron chi connectivity index (χ0n) is 9.57. The van der Waals surface area contributed by atoms with E-state index in [1.165, 1.54) is 11.0 Å². The monoisotopic (exact) mass is 272 g/mol. The van der Waals surface area contributed by atoms with Gasteiger partial charge in [-0.2, -0.15) is 5.10 Å². The minimum atomic E-state index is -0.709. The van der Waals surface area contributed by atoms with Gasteiger partial charge in [0.2, 0.25) is 0 Å². The Hall–Kier alpha value is -1.53. The van der Waals surface area contributed by atoms with E-state index in [9.17, 15) is 8.78 Å². The van der Waals surface area contributed by atoms with Crippen molar-refractivity contribution in [3.8, 4) is 0 Å². The fourth-order valence-corrected chi connectivity index (χ4v) is 1.78. The first-order valence-electron chi connectivity index (χ1n) is 5.22. The van der Waals surface area contributed by atoms with Crippen molar-refractivity contribution in [1.29, 1.82) is 0 Å². The Morgan fingerprint density at radius 3 is 2.72 bits per heavy atom. The predicted octanol–water partition coefficient (Wildman–Crippen LogP) is 1.99. The van der Waals surface area contributed by atoms with E-state index < -0.39 is 17.7 Å². The van der Waals surface area contributed by atoms with Crippen LogP contribution in [0.1, 0.15) is 17.4 Å². The molecule has 1 aromatic carbocycles. The second-order valence-electron chi connectivity index (χ2n) is 3.90. The molecule has 0 spiro atoms. The highest BCUT2D eigenvalue weighted by Gasteiger charge is 2.17. The summed E-state index contributed by atoms with van der Waals surface area (Å²) in [5.74, 6) is -0.727. The summed E-state index contributed by atoms with van der Waals surface area (Å²) in [5.41, 5.74) is 5.91. The highest BCUT2D eigenvalue weighted by atomic mass is 35.5. The van der Waals surface area contributed by atoms with Crippen LogP contribution in [-0.2, 0) is 13.5 Å². The van der Waals surface area contributed by atoms with Gasteiger partial charge in [-0.3, -0.25) is 4.68 Å². The summed E-state index contributed by atoms with van der Waals surface area (Å²) in [7, 11) is 1.70. The van der Waals surface area contributed by atoms with Crippen LogP contribution in [0.3, 0.4) is 0 Å². The molecule has 0 amide bonds. The largest absolute Gasteiger partial charge is 0.323 e. The Bertz CT molecular complexity index is 570. The van der Waals surface area contributed by atoms with Gasteiger partial charge in [-0.25, -0.2) is 13.8 Å². The number of hydrogen-bond acceptors (Lipinski definition) is 3. The van der Waals surface area contributed by atoms with Gasteiger partial charge in [0, 0.05) is 25.1 Å². The summed E-state index contributed by atoms with van der Waals surface area (Å²) in [6.07, 6.45) is 1.63. The van der Waals surface area contributed by atoms with Gasteiger partial charge in [-0.15, -0.1) is 0 Å². The molecule has 2 rings (SSSR count). The number of aryl methyl sites for hydroxylation is 1. The number of halogens is 3. The molecular formula is C11H11ClF2N4. The topological polar surface area (TPSA) is 56.7 Å². The maximum Gasteiger partial charge on any atom is 0.142 e. The molecule has 0 saturated carbocycles. The van der Waals surface area contributed by atoms with Crippen molar-refractivity contribution in [1.82, 2.24) is 14.8 Å². The lowest BCUT2D eigenvalue weighted by Gasteiger charge is -2.13. The maximum absolute atomic E-state index is 13.6. The van der Waals surface area contributed by atoms with Crippen molar-refractivity contribution in [2.75, 3.05) is 0 Å². The standard InChI is InChI=1S/C11H11ClF2N4/c1-18-11(16-5-17-18)4-10(15)6-2-9(14)7(12)3-8(6)13/h2-3,5,10H,4,15H2,1H3. The Morgan fingerprint density at radius 1 is 1.39 bits per heavy atom. The van der Waals surface area contributed by atoms with E-state index in [1.807, 2.05) is 0 Å². The normalized spacial score (nSPS) is 12.7. The molecule has 0 aliphatic carbocycles. The number of hydrogen-bond donors (Lipinski definition) is 1. The van der Waals surface area contributed by atoms with Gasteiger partial charge >= 0.3 is 0 Å². The van der Waals surface area contributed by atoms with E-state index in [-0.39, 0.29) is 17.0 Å². The van der Waals surface area contributed by atoms with E-state index in [0.717, 1.165) is 12.1 Å². The van der Waals surface area contributed by atoms with E-state index in [0.29, 0.717) is 5.82 Å². The van der Waals surface area contributed by atoms with Crippen molar-refractivity contribution in [2.24, 2.45) is 12.8 Å². The zero-order valence-corrected chi connectivity index (χ0v) is 10.3. The maximum atomic E-state index is 13.6. The second-order valence-corrected chi connectivity index (χ2v) is 4.31. The smallest absolute Gasteiger partial charge is 0.142 e. The van der Waals surface area contributed by atoms with Gasteiger partial charge in [0.25, 0.3) is 0 Å². The molecule has 1 aromatic heterocycles. The summed E-state index contributed by atoms with van der Waals surface area (Å²) in [6.45, 7) is 0. The molecule has 2 aromatic rings. The average molecular weight is 273 g/mol. The fraction of sp³-hybridized carbons (Fsp3) is 0.273. The lowest BCUT2D eigenvalue weighted by atomic mass is 10.0. The van der Waals surface area contributed by atoms with E-state index in [4.69, 9.17) is 17.3 Å². The average Bonchev–Trinajstić information content (AvgIpc) is 2.69. The molecule has 18 heavy (non-hydrogen) atoms. The molecule has 0 saturated heterocycles. The molecule has 0 aliphatic rings. The van der Waals surface area contributed by atoms with E-state index >= 15 is 0 Å². The van der Waals surface area contributed by atoms with Crippen molar-refractivity contribution >= 4 is 11.6 Å². The zero-order chi connectivity index (χ0) is 13.3. The quantitative estimate of drug-likeness (QED) is 0.870. The lowest BCUT2D eigenvalue weighted by molar-refractivity contribution is 0.550. The SMILES string of the molecule is Cn1ncnc1CC(N)c1cc(F)c(Cl)cc1F. The minimum absolute atomic E-state index is 0.0694. The minimum Gasteiger partial charge on any atom is -0.323 e. The third kappa shape index (κ3) is 2.49. The molecular weight excluding hydrogens is 262 g/mol. The lowest BCUT2D eigenvalue weighted by Crippen LogP contribution is -2.17. The van der Waals surface area contributed by atoms with Gasteiger partial charge in [-0.1, -0.05) is 11.6 Å². The van der Waals surface area contributed by atoms with Crippen LogP contribution in [0.25, 0.3) is 0 Å². The highest BCUT2D eigenvalue weighted by Crippen LogP contribution is 2.24. The van der Waals surface area contributed by atoms with Gasteiger partial charge < -0.3 is 5.73 Å². The third-order valence-electron chi connectivity index (χ3n) is 2.65. The fourth-order valence-electron chi connectivity index (χ4n) is 1.63. The van der Waals surface area contributed by atoms with Crippen LogP contribution in [0.15, 0.2) is 18.5 Å². The van der Waals surface area contributed by atoms with E-state index in [1.54, 1.807) is 7.05 Å². The van der Waals surface area contributed by atoms with Crippen LogP contribution in [0.4, 0.5) is 8.78 Å². The Balaban J connectivity index is 2.26. The van der Waals surface area contributed by atoms with Crippen LogP contribution in [0.2, 0.25) is 5.02 Å². The van der Waals surface area contributed by atoms with Crippen LogP contribution in [-0.4, -0.2) is 14.8 Å². The first-order valence-corrected chi connectivity index (χ1v) is 5.59. The molecule has 0 aliphatic heterocycles. The molecule has 1 unspecified atom stereocenters. The van der Waals surface area contributed by atoms with Gasteiger partial charge in [0.1, 0.15) is 23.8 Å². The number of nitrogens with two attached hydrogens (primary N) is 1. The van der Waals surface area contributed by atoms with E-state index in [2.05, 4.69) is 10.1 Å². The molecule has 7 heteroatoms. The predicted molar refractivity (Wildman–Crippen MR) is 63.0 cm³/mol. The summed E-state index contributed by atoms with van der Waals surface area (Å²) < 4.78 is 28.5. The number of rotatable bonds is 3. The van der Waals surface area contributed by atoms with Crippen LogP contribution < -0.4 is 5.73 Å². The van der Waals surface area contributed by atoms with Crippen LogP contribution >= 0.6 is 11.6 Å². The Kier molecular flexibility index (Phi) is 3.58. The van der Waals surface area contributed by atoms with Gasteiger partial charge in [0.05, 0.1) is 5.02 Å². The van der Waals surface area contributed by atoms with Gasteiger partial charge in [0.15, 0.2) is 0 Å². The number of nitrogens with zero attached hydrogens (tertiary/aromatic N) is 3. The molecule has 1 atom stereocenters. The molecule has 0 fully saturated rings. The summed E-state index contributed by atoms with van der Waals surface area (Å²) in [5, 5.41) is 3.62. The van der Waals surface area contributed by atoms with Crippen molar-refractivity contribution in [3.63, 3.8) is 0 Å². The Labute approximate surface area is 107 Å². The highest BCUT2D eigenvalue weighted by molar-refractivity contribution is 6.30. The molecule has 96 valence electrons. The number of benzene rings is 1. The summed E-state index contributed by atoms with van der Waals surface area (Å²) in [4.78, 5) is 3.98. The second kappa shape index (κ2) is 4.99. The third-order valence-corrected chi connectivity index (χ3v) is 2.94. The molecule has 2 N–H and O–H groups in total. The molecule has 0 radical (unpaired) electrons. The van der Waals surface area contributed by atoms with Gasteiger partial charge in [-0.05, 0) is 12.1 Å². The van der Waals surface area contributed by atoms with Crippen molar-refractivity contribution < 1.29 is 8.78 Å². The molecule has 0 bridgehead atoms. The first-order chi connectivity index (χ1) is 8.49. The van der Waals surface area contributed by atoms with Crippen LogP contribution in [0.5, 0.6) is 0 Å². The first kappa shape index (κ1) is 12.9. The van der Waals surface area contributed by atoms with Crippen molar-refractivity contribution in [2.45, 2.75) is 12.5 Å². The Morgan fingerprint density at radius 2 is 2.11 bits per heavy atom.